The number of hydrogen-bond donors (Lipinski definition) is 1. The number of carbonyl (C=O) groups excluding carboxylic acids is 2. The summed E-state index contributed by atoms with van der Waals surface area (Å²) in [4.78, 5) is 30.5. The largest absolute Gasteiger partial charge is 0.303 e. The molecular formula is C8H3N3O2S. The van der Waals surface area contributed by atoms with Gasteiger partial charge in [-0.1, -0.05) is 0 Å². The van der Waals surface area contributed by atoms with Crippen LogP contribution in [0.2, 0.25) is 0 Å². The normalized spacial score (nSPS) is 14.6. The van der Waals surface area contributed by atoms with Crippen LogP contribution in [0.15, 0.2) is 11.7 Å². The number of pyridine rings is 1. The van der Waals surface area contributed by atoms with Crippen LogP contribution in [0.3, 0.4) is 0 Å². The summed E-state index contributed by atoms with van der Waals surface area (Å²) in [6.45, 7) is 0. The number of Topliss-reactive ketones (excluding diaryl/α,β-unsaturated/α-hetero) is 1. The van der Waals surface area contributed by atoms with E-state index in [1.165, 1.54) is 11.3 Å². The summed E-state index contributed by atoms with van der Waals surface area (Å²) in [5.74, 6) is -0.799. The zero-order chi connectivity index (χ0) is 9.71. The molecule has 1 aliphatic heterocycles. The van der Waals surface area contributed by atoms with Gasteiger partial charge in [0.25, 0.3) is 11.7 Å². The third-order valence-corrected chi connectivity index (χ3v) is 2.90. The van der Waals surface area contributed by atoms with E-state index in [2.05, 4.69) is 15.3 Å². The number of amides is 1. The average Bonchev–Trinajstić information content (AvgIpc) is 2.72. The van der Waals surface area contributed by atoms with Gasteiger partial charge >= 0.3 is 0 Å². The molecule has 5 nitrogen and oxygen atoms in total. The number of anilines is 1. The van der Waals surface area contributed by atoms with Crippen molar-refractivity contribution in [2.75, 3.05) is 5.32 Å². The lowest BCUT2D eigenvalue weighted by Crippen LogP contribution is -2.12. The van der Waals surface area contributed by atoms with Crippen LogP contribution in [0.5, 0.6) is 0 Å². The highest BCUT2D eigenvalue weighted by atomic mass is 32.1. The first-order chi connectivity index (χ1) is 6.77. The fraction of sp³-hybridized carbons (Fsp3) is 0. The van der Waals surface area contributed by atoms with Gasteiger partial charge in [-0.05, 0) is 0 Å². The zero-order valence-electron chi connectivity index (χ0n) is 6.77. The molecule has 1 N–H and O–H groups in total. The summed E-state index contributed by atoms with van der Waals surface area (Å²) in [6, 6.07) is 0. The fourth-order valence-electron chi connectivity index (χ4n) is 1.41. The summed E-state index contributed by atoms with van der Waals surface area (Å²) < 4.78 is 0.721. The van der Waals surface area contributed by atoms with Crippen LogP contribution in [0.25, 0.3) is 10.2 Å². The van der Waals surface area contributed by atoms with E-state index in [0.29, 0.717) is 16.9 Å². The second-order valence-corrected chi connectivity index (χ2v) is 3.69. The van der Waals surface area contributed by atoms with Crippen LogP contribution in [0.4, 0.5) is 5.82 Å². The lowest BCUT2D eigenvalue weighted by Gasteiger charge is -1.94. The maximum atomic E-state index is 11.4. The predicted octanol–water partition coefficient (Wildman–Crippen LogP) is 0.826. The average molecular weight is 205 g/mol. The van der Waals surface area contributed by atoms with Crippen molar-refractivity contribution in [3.63, 3.8) is 0 Å². The minimum Gasteiger partial charge on any atom is -0.303 e. The van der Waals surface area contributed by atoms with Crippen molar-refractivity contribution < 1.29 is 9.59 Å². The summed E-state index contributed by atoms with van der Waals surface area (Å²) in [5.41, 5.74) is 2.64. The van der Waals surface area contributed by atoms with Crippen molar-refractivity contribution in [2.24, 2.45) is 0 Å². The number of fused-ring (bicyclic) bond motifs is 3. The van der Waals surface area contributed by atoms with Gasteiger partial charge in [0.1, 0.15) is 11.3 Å². The highest BCUT2D eigenvalue weighted by Crippen LogP contribution is 2.30. The lowest BCUT2D eigenvalue weighted by molar-refractivity contribution is -0.112. The number of ketones is 1. The summed E-state index contributed by atoms with van der Waals surface area (Å²) in [7, 11) is 0. The predicted molar refractivity (Wildman–Crippen MR) is 50.4 cm³/mol. The first-order valence-electron chi connectivity index (χ1n) is 3.85. The molecule has 0 saturated heterocycles. The highest BCUT2D eigenvalue weighted by molar-refractivity contribution is 7.17. The SMILES string of the molecule is O=C1Nc2ncc3ncsc3c2C1=O. The van der Waals surface area contributed by atoms with E-state index in [-0.39, 0.29) is 0 Å². The van der Waals surface area contributed by atoms with Crippen LogP contribution in [-0.2, 0) is 4.79 Å². The third kappa shape index (κ3) is 0.779. The minimum atomic E-state index is -0.617. The Morgan fingerprint density at radius 3 is 3.00 bits per heavy atom. The molecule has 0 atom stereocenters. The second-order valence-electron chi connectivity index (χ2n) is 2.83. The zero-order valence-corrected chi connectivity index (χ0v) is 7.59. The van der Waals surface area contributed by atoms with E-state index in [0.717, 1.165) is 4.70 Å². The third-order valence-electron chi connectivity index (χ3n) is 2.04. The Kier molecular flexibility index (Phi) is 1.27. The number of hydrogen-bond acceptors (Lipinski definition) is 5. The number of carbonyl (C=O) groups is 2. The van der Waals surface area contributed by atoms with Crippen molar-refractivity contribution in [1.82, 2.24) is 9.97 Å². The number of nitrogens with zero attached hydrogens (tertiary/aromatic N) is 2. The van der Waals surface area contributed by atoms with E-state index in [4.69, 9.17) is 0 Å². The Hall–Kier alpha value is -1.82. The molecule has 68 valence electrons. The van der Waals surface area contributed by atoms with Gasteiger partial charge < -0.3 is 5.32 Å². The molecule has 2 aromatic rings. The molecule has 1 aliphatic rings. The van der Waals surface area contributed by atoms with Crippen LogP contribution < -0.4 is 5.32 Å². The number of aromatic nitrogens is 2. The molecule has 3 rings (SSSR count). The molecule has 2 aromatic heterocycles. The standard InChI is InChI=1S/C8H3N3O2S/c12-5-4-6-3(10-2-14-6)1-9-7(4)11-8(5)13/h1-2H,(H,9,11,12,13). The maximum absolute atomic E-state index is 11.4. The molecule has 3 heterocycles. The first-order valence-corrected chi connectivity index (χ1v) is 4.73. The van der Waals surface area contributed by atoms with Gasteiger partial charge in [-0.15, -0.1) is 11.3 Å². The fourth-order valence-corrected chi connectivity index (χ4v) is 2.22. The molecule has 0 unspecified atom stereocenters. The second kappa shape index (κ2) is 2.36. The van der Waals surface area contributed by atoms with E-state index >= 15 is 0 Å². The molecule has 0 radical (unpaired) electrons. The quantitative estimate of drug-likeness (QED) is 0.646. The van der Waals surface area contributed by atoms with E-state index < -0.39 is 11.7 Å². The Balaban J connectivity index is 2.46. The van der Waals surface area contributed by atoms with Gasteiger partial charge in [0.2, 0.25) is 0 Å². The van der Waals surface area contributed by atoms with E-state index in [1.807, 2.05) is 0 Å². The van der Waals surface area contributed by atoms with E-state index in [1.54, 1.807) is 11.7 Å². The number of nitrogens with one attached hydrogen (secondary N) is 1. The lowest BCUT2D eigenvalue weighted by atomic mass is 10.2. The molecular weight excluding hydrogens is 202 g/mol. The Bertz CT molecular complexity index is 575. The molecule has 0 bridgehead atoms. The van der Waals surface area contributed by atoms with Gasteiger partial charge in [-0.25, -0.2) is 9.97 Å². The van der Waals surface area contributed by atoms with Crippen LogP contribution in [0, 0.1) is 0 Å². The van der Waals surface area contributed by atoms with Crippen molar-refractivity contribution >= 4 is 39.1 Å². The maximum Gasteiger partial charge on any atom is 0.298 e. The van der Waals surface area contributed by atoms with Gasteiger partial charge in [0.05, 0.1) is 22.0 Å². The van der Waals surface area contributed by atoms with Gasteiger partial charge in [-0.3, -0.25) is 9.59 Å². The van der Waals surface area contributed by atoms with Crippen LogP contribution in [0.1, 0.15) is 10.4 Å². The molecule has 0 fully saturated rings. The molecule has 0 aliphatic carbocycles. The molecule has 0 aromatic carbocycles. The van der Waals surface area contributed by atoms with Gasteiger partial charge in [-0.2, -0.15) is 0 Å². The van der Waals surface area contributed by atoms with Gasteiger partial charge in [0.15, 0.2) is 0 Å². The highest BCUT2D eigenvalue weighted by Gasteiger charge is 2.31. The van der Waals surface area contributed by atoms with Crippen LogP contribution in [-0.4, -0.2) is 21.7 Å². The van der Waals surface area contributed by atoms with Crippen molar-refractivity contribution in [1.29, 1.82) is 0 Å². The molecule has 14 heavy (non-hydrogen) atoms. The Labute approximate surface area is 81.8 Å². The van der Waals surface area contributed by atoms with Crippen molar-refractivity contribution in [3.05, 3.63) is 17.3 Å². The van der Waals surface area contributed by atoms with Crippen molar-refractivity contribution in [3.8, 4) is 0 Å². The summed E-state index contributed by atoms with van der Waals surface area (Å²) >= 11 is 1.33. The van der Waals surface area contributed by atoms with Gasteiger partial charge in [0, 0.05) is 0 Å². The Morgan fingerprint density at radius 1 is 1.29 bits per heavy atom. The molecule has 1 amide bonds. The summed E-state index contributed by atoms with van der Waals surface area (Å²) in [6.07, 6.45) is 1.55. The topological polar surface area (TPSA) is 72.0 Å². The van der Waals surface area contributed by atoms with Crippen LogP contribution >= 0.6 is 11.3 Å². The molecule has 0 spiro atoms. The Morgan fingerprint density at radius 2 is 2.14 bits per heavy atom. The molecule has 6 heteroatoms. The number of thiazole rings is 1. The smallest absolute Gasteiger partial charge is 0.298 e. The first kappa shape index (κ1) is 7.57. The summed E-state index contributed by atoms with van der Waals surface area (Å²) in [5, 5.41) is 2.41. The van der Waals surface area contributed by atoms with Crippen molar-refractivity contribution in [2.45, 2.75) is 0 Å². The minimum absolute atomic E-state index is 0.344. The molecule has 0 saturated carbocycles. The monoisotopic (exact) mass is 205 g/mol. The van der Waals surface area contributed by atoms with E-state index in [9.17, 15) is 9.59 Å². The number of rotatable bonds is 0.